The number of ketones is 1. The third-order valence-electron chi connectivity index (χ3n) is 2.86. The van der Waals surface area contributed by atoms with Crippen LogP contribution in [0.4, 0.5) is 17.6 Å². The van der Waals surface area contributed by atoms with Gasteiger partial charge < -0.3 is 4.74 Å². The van der Waals surface area contributed by atoms with Crippen LogP contribution in [0.15, 0.2) is 18.2 Å². The van der Waals surface area contributed by atoms with Gasteiger partial charge >= 0.3 is 12.1 Å². The lowest BCUT2D eigenvalue weighted by atomic mass is 9.98. The van der Waals surface area contributed by atoms with Crippen LogP contribution in [0.2, 0.25) is 0 Å². The molecule has 116 valence electrons. The smallest absolute Gasteiger partial charge is 0.419 e. The van der Waals surface area contributed by atoms with Crippen molar-refractivity contribution in [2.24, 2.45) is 0 Å². The number of carbonyl (C=O) groups excluding carboxylic acids is 2. The number of hydrogen-bond donors (Lipinski definition) is 0. The Bertz CT molecular complexity index is 523. The lowest BCUT2D eigenvalue weighted by Crippen LogP contribution is -2.15. The normalized spacial score (nSPS) is 11.3. The highest BCUT2D eigenvalue weighted by Gasteiger charge is 2.38. The molecule has 1 aromatic rings. The number of Topliss-reactive ketones (excluding diaryl/α,β-unsaturated/α-hetero) is 1. The second-order valence-electron chi connectivity index (χ2n) is 4.37. The van der Waals surface area contributed by atoms with E-state index in [-0.39, 0.29) is 19.3 Å². The van der Waals surface area contributed by atoms with Gasteiger partial charge in [0.25, 0.3) is 0 Å². The Labute approximate surface area is 118 Å². The topological polar surface area (TPSA) is 43.4 Å². The Morgan fingerprint density at radius 2 is 1.76 bits per heavy atom. The molecule has 0 unspecified atom stereocenters. The average molecular weight is 306 g/mol. The number of halogens is 4. The molecule has 0 saturated heterocycles. The minimum atomic E-state index is -4.93. The monoisotopic (exact) mass is 306 g/mol. The third kappa shape index (κ3) is 4.84. The van der Waals surface area contributed by atoms with Crippen LogP contribution >= 0.6 is 0 Å². The van der Waals surface area contributed by atoms with Crippen LogP contribution in [0.5, 0.6) is 0 Å². The van der Waals surface area contributed by atoms with Gasteiger partial charge in [0.2, 0.25) is 0 Å². The molecule has 0 N–H and O–H groups in total. The summed E-state index contributed by atoms with van der Waals surface area (Å²) in [7, 11) is 1.22. The summed E-state index contributed by atoms with van der Waals surface area (Å²) in [5.74, 6) is -2.72. The molecule has 0 amide bonds. The predicted octanol–water partition coefficient (Wildman–Crippen LogP) is 3.76. The highest BCUT2D eigenvalue weighted by Crippen LogP contribution is 2.34. The average Bonchev–Trinajstić information content (AvgIpc) is 2.41. The lowest BCUT2D eigenvalue weighted by molar-refractivity contribution is -0.141. The number of hydrogen-bond acceptors (Lipinski definition) is 3. The van der Waals surface area contributed by atoms with E-state index in [1.165, 1.54) is 7.11 Å². The molecule has 0 radical (unpaired) electrons. The van der Waals surface area contributed by atoms with Crippen molar-refractivity contribution < 1.29 is 31.9 Å². The number of benzene rings is 1. The summed E-state index contributed by atoms with van der Waals surface area (Å²) in [6.45, 7) is 0. The van der Waals surface area contributed by atoms with Crippen LogP contribution in [0, 0.1) is 5.82 Å². The van der Waals surface area contributed by atoms with Crippen LogP contribution in [-0.4, -0.2) is 18.9 Å². The molecule has 0 aliphatic heterocycles. The SMILES string of the molecule is COC(=O)CCCCC(=O)c1cccc(F)c1C(F)(F)F. The van der Waals surface area contributed by atoms with Crippen LogP contribution in [0.3, 0.4) is 0 Å². The van der Waals surface area contributed by atoms with E-state index in [2.05, 4.69) is 4.74 Å². The molecular weight excluding hydrogens is 292 g/mol. The summed E-state index contributed by atoms with van der Waals surface area (Å²) in [6, 6.07) is 2.68. The number of alkyl halides is 3. The fourth-order valence-electron chi connectivity index (χ4n) is 1.84. The molecule has 0 saturated carbocycles. The first-order chi connectivity index (χ1) is 9.77. The summed E-state index contributed by atoms with van der Waals surface area (Å²) in [4.78, 5) is 22.6. The molecule has 0 heterocycles. The number of carbonyl (C=O) groups is 2. The minimum absolute atomic E-state index is 0.0824. The molecule has 7 heteroatoms. The quantitative estimate of drug-likeness (QED) is 0.348. The molecule has 1 rings (SSSR count). The van der Waals surface area contributed by atoms with Crippen molar-refractivity contribution in [3.8, 4) is 0 Å². The molecule has 0 aliphatic carbocycles. The summed E-state index contributed by atoms with van der Waals surface area (Å²) in [5, 5.41) is 0. The highest BCUT2D eigenvalue weighted by molar-refractivity contribution is 5.97. The van der Waals surface area contributed by atoms with Crippen LogP contribution in [-0.2, 0) is 15.7 Å². The summed E-state index contributed by atoms with van der Waals surface area (Å²) in [5.41, 5.74) is -2.22. The third-order valence-corrected chi connectivity index (χ3v) is 2.86. The number of rotatable bonds is 6. The Morgan fingerprint density at radius 1 is 1.14 bits per heavy atom. The van der Waals surface area contributed by atoms with Gasteiger partial charge in [0.05, 0.1) is 7.11 Å². The summed E-state index contributed by atoms with van der Waals surface area (Å²) < 4.78 is 56.0. The minimum Gasteiger partial charge on any atom is -0.469 e. The largest absolute Gasteiger partial charge is 0.469 e. The van der Waals surface area contributed by atoms with Crippen LogP contribution in [0.1, 0.15) is 41.6 Å². The van der Waals surface area contributed by atoms with E-state index in [0.29, 0.717) is 12.5 Å². The Kier molecular flexibility index (Phi) is 5.87. The number of esters is 1. The second kappa shape index (κ2) is 7.19. The predicted molar refractivity (Wildman–Crippen MR) is 66.2 cm³/mol. The van der Waals surface area contributed by atoms with E-state index in [1.807, 2.05) is 0 Å². The summed E-state index contributed by atoms with van der Waals surface area (Å²) in [6.07, 6.45) is -4.50. The maximum atomic E-state index is 13.3. The van der Waals surface area contributed by atoms with E-state index < -0.39 is 34.9 Å². The van der Waals surface area contributed by atoms with Gasteiger partial charge in [0.1, 0.15) is 11.4 Å². The first kappa shape index (κ1) is 17.1. The van der Waals surface area contributed by atoms with E-state index in [1.54, 1.807) is 0 Å². The zero-order valence-electron chi connectivity index (χ0n) is 11.3. The lowest BCUT2D eigenvalue weighted by Gasteiger charge is -2.12. The molecule has 1 aromatic carbocycles. The maximum absolute atomic E-state index is 13.3. The van der Waals surface area contributed by atoms with E-state index in [9.17, 15) is 27.2 Å². The van der Waals surface area contributed by atoms with Gasteiger partial charge in [-0.2, -0.15) is 13.2 Å². The van der Waals surface area contributed by atoms with Crippen molar-refractivity contribution in [1.82, 2.24) is 0 Å². The van der Waals surface area contributed by atoms with E-state index >= 15 is 0 Å². The van der Waals surface area contributed by atoms with Crippen molar-refractivity contribution in [3.63, 3.8) is 0 Å². The maximum Gasteiger partial charge on any atom is 0.419 e. The van der Waals surface area contributed by atoms with Crippen molar-refractivity contribution >= 4 is 11.8 Å². The van der Waals surface area contributed by atoms with Crippen LogP contribution in [0.25, 0.3) is 0 Å². The molecule has 0 spiro atoms. The fourth-order valence-corrected chi connectivity index (χ4v) is 1.84. The Morgan fingerprint density at radius 3 is 2.33 bits per heavy atom. The number of unbranched alkanes of at least 4 members (excludes halogenated alkanes) is 1. The van der Waals surface area contributed by atoms with Crippen molar-refractivity contribution in [3.05, 3.63) is 35.1 Å². The molecule has 21 heavy (non-hydrogen) atoms. The molecular formula is C14H14F4O3. The first-order valence-corrected chi connectivity index (χ1v) is 6.23. The van der Waals surface area contributed by atoms with Gasteiger partial charge in [-0.05, 0) is 18.9 Å². The molecule has 3 nitrogen and oxygen atoms in total. The van der Waals surface area contributed by atoms with Crippen molar-refractivity contribution in [1.29, 1.82) is 0 Å². The zero-order valence-corrected chi connectivity index (χ0v) is 11.3. The van der Waals surface area contributed by atoms with Gasteiger partial charge in [0, 0.05) is 18.4 Å². The highest BCUT2D eigenvalue weighted by atomic mass is 19.4. The first-order valence-electron chi connectivity index (χ1n) is 6.23. The molecule has 0 aromatic heterocycles. The van der Waals surface area contributed by atoms with Crippen LogP contribution < -0.4 is 0 Å². The Balaban J connectivity index is 2.75. The van der Waals surface area contributed by atoms with E-state index in [4.69, 9.17) is 0 Å². The van der Waals surface area contributed by atoms with Gasteiger partial charge in [-0.1, -0.05) is 12.1 Å². The van der Waals surface area contributed by atoms with Gasteiger partial charge in [-0.15, -0.1) is 0 Å². The second-order valence-corrected chi connectivity index (χ2v) is 4.37. The molecule has 0 atom stereocenters. The standard InChI is InChI=1S/C14H14F4O3/c1-21-12(20)8-3-2-7-11(19)9-5-4-6-10(15)13(9)14(16,17)18/h4-6H,2-3,7-8H2,1H3. The molecule has 0 aliphatic rings. The van der Waals surface area contributed by atoms with Gasteiger partial charge in [0.15, 0.2) is 5.78 Å². The number of ether oxygens (including phenoxy) is 1. The van der Waals surface area contributed by atoms with Gasteiger partial charge in [-0.25, -0.2) is 4.39 Å². The number of methoxy groups -OCH3 is 1. The Hall–Kier alpha value is -1.92. The van der Waals surface area contributed by atoms with E-state index in [0.717, 1.165) is 12.1 Å². The fraction of sp³-hybridized carbons (Fsp3) is 0.429. The van der Waals surface area contributed by atoms with Crippen molar-refractivity contribution in [2.75, 3.05) is 7.11 Å². The zero-order chi connectivity index (χ0) is 16.0. The van der Waals surface area contributed by atoms with Crippen molar-refractivity contribution in [2.45, 2.75) is 31.9 Å². The molecule has 0 fully saturated rings. The van der Waals surface area contributed by atoms with Gasteiger partial charge in [-0.3, -0.25) is 9.59 Å². The summed E-state index contributed by atoms with van der Waals surface area (Å²) >= 11 is 0. The molecule has 0 bridgehead atoms.